The van der Waals surface area contributed by atoms with Crippen molar-refractivity contribution in [2.24, 2.45) is 5.92 Å². The van der Waals surface area contributed by atoms with Crippen LogP contribution in [0.3, 0.4) is 0 Å². The lowest BCUT2D eigenvalue weighted by atomic mass is 10.0. The number of carbonyl (C=O) groups is 1. The largest absolute Gasteiger partial charge is 0.444 e. The number of aromatic nitrogens is 3. The minimum Gasteiger partial charge on any atom is -0.444 e. The predicted octanol–water partition coefficient (Wildman–Crippen LogP) is 2.96. The van der Waals surface area contributed by atoms with Crippen LogP contribution in [0.1, 0.15) is 33.6 Å². The molecule has 1 saturated heterocycles. The van der Waals surface area contributed by atoms with Crippen molar-refractivity contribution in [3.05, 3.63) is 18.6 Å². The highest BCUT2D eigenvalue weighted by Gasteiger charge is 2.49. The second kappa shape index (κ2) is 6.04. The molecule has 3 atom stereocenters. The Morgan fingerprint density at radius 2 is 2.12 bits per heavy atom. The maximum atomic E-state index is 12.6. The number of likely N-dealkylation sites (tertiary alicyclic amines) is 1. The molecule has 2 aromatic heterocycles. The number of carbonyl (C=O) groups excluding carboxylic acids is 1. The van der Waals surface area contributed by atoms with E-state index in [1.807, 2.05) is 37.9 Å². The number of hydrogen-bond acceptors (Lipinski definition) is 6. The average Bonchev–Trinajstić information content (AvgIpc) is 3.26. The Kier molecular flexibility index (Phi) is 4.06. The highest BCUT2D eigenvalue weighted by molar-refractivity contribution is 7.78. The first-order chi connectivity index (χ1) is 12.2. The Hall–Kier alpha value is -1.96. The van der Waals surface area contributed by atoms with Crippen LogP contribution < -0.4 is 4.90 Å². The fourth-order valence-electron chi connectivity index (χ4n) is 4.30. The Morgan fingerprint density at radius 1 is 1.35 bits per heavy atom. The molecule has 4 rings (SSSR count). The molecule has 8 heteroatoms. The summed E-state index contributed by atoms with van der Waals surface area (Å²) < 4.78 is 7.31. The second-order valence-electron chi connectivity index (χ2n) is 8.31. The fourth-order valence-corrected chi connectivity index (χ4v) is 4.53. The number of ether oxygens (including phenoxy) is 1. The molecule has 0 N–H and O–H groups in total. The summed E-state index contributed by atoms with van der Waals surface area (Å²) in [6.07, 6.45) is 5.31. The predicted molar refractivity (Wildman–Crippen MR) is 104 cm³/mol. The maximum Gasteiger partial charge on any atom is 0.410 e. The second-order valence-corrected chi connectivity index (χ2v) is 8.74. The van der Waals surface area contributed by atoms with Gasteiger partial charge in [-0.15, -0.1) is 0 Å². The lowest BCUT2D eigenvalue weighted by molar-refractivity contribution is 0.0171. The zero-order chi connectivity index (χ0) is 18.6. The van der Waals surface area contributed by atoms with Gasteiger partial charge in [-0.05, 0) is 45.6 Å². The van der Waals surface area contributed by atoms with Crippen LogP contribution in [-0.2, 0) is 4.74 Å². The van der Waals surface area contributed by atoms with E-state index >= 15 is 0 Å². The van der Waals surface area contributed by atoms with E-state index in [1.165, 1.54) is 0 Å². The monoisotopic (exact) mass is 375 g/mol. The smallest absolute Gasteiger partial charge is 0.410 e. The lowest BCUT2D eigenvalue weighted by Gasteiger charge is -2.39. The number of anilines is 1. The van der Waals surface area contributed by atoms with Crippen LogP contribution in [0.5, 0.6) is 0 Å². The molecule has 2 bridgehead atoms. The number of hydrogen-bond donors (Lipinski definition) is 1. The van der Waals surface area contributed by atoms with Gasteiger partial charge in [0.2, 0.25) is 0 Å². The number of amides is 1. The molecule has 3 heterocycles. The standard InChI is InChI=1S/C18H25N5O2S/c1-18(2,3)25-17(24)22-9-11-7-13(14(22)8-11)21(4)15-12-5-6-23(26)16(12)20-10-19-15/h5-6,10-11,13-14,26H,7-9H2,1-4H3. The molecule has 1 aliphatic carbocycles. The van der Waals surface area contributed by atoms with Gasteiger partial charge in [0.25, 0.3) is 0 Å². The van der Waals surface area contributed by atoms with Crippen LogP contribution in [0.15, 0.2) is 18.6 Å². The Balaban J connectivity index is 1.59. The van der Waals surface area contributed by atoms with Crippen molar-refractivity contribution in [3.8, 4) is 0 Å². The molecule has 26 heavy (non-hydrogen) atoms. The van der Waals surface area contributed by atoms with Crippen molar-refractivity contribution in [2.45, 2.75) is 51.3 Å². The van der Waals surface area contributed by atoms with E-state index in [-0.39, 0.29) is 18.2 Å². The van der Waals surface area contributed by atoms with E-state index in [0.717, 1.165) is 36.2 Å². The normalized spacial score (nSPS) is 25.1. The van der Waals surface area contributed by atoms with Gasteiger partial charge in [-0.25, -0.2) is 14.8 Å². The molecule has 3 unspecified atom stereocenters. The van der Waals surface area contributed by atoms with Gasteiger partial charge in [0, 0.05) is 19.8 Å². The average molecular weight is 375 g/mol. The first kappa shape index (κ1) is 17.5. The number of likely N-dealkylation sites (N-methyl/N-ethyl adjacent to an activating group) is 1. The third kappa shape index (κ3) is 2.90. The van der Waals surface area contributed by atoms with Crippen molar-refractivity contribution >= 4 is 35.8 Å². The van der Waals surface area contributed by atoms with Gasteiger partial charge in [-0.1, -0.05) is 12.8 Å². The van der Waals surface area contributed by atoms with Crippen molar-refractivity contribution in [1.82, 2.24) is 18.8 Å². The van der Waals surface area contributed by atoms with Gasteiger partial charge >= 0.3 is 6.09 Å². The first-order valence-electron chi connectivity index (χ1n) is 8.98. The molecule has 1 aliphatic heterocycles. The Labute approximate surface area is 158 Å². The molecule has 140 valence electrons. The van der Waals surface area contributed by atoms with Crippen LogP contribution >= 0.6 is 12.8 Å². The molecule has 2 aromatic rings. The summed E-state index contributed by atoms with van der Waals surface area (Å²) >= 11 is 4.39. The molecule has 1 saturated carbocycles. The van der Waals surface area contributed by atoms with Gasteiger partial charge < -0.3 is 14.5 Å². The summed E-state index contributed by atoms with van der Waals surface area (Å²) in [7, 11) is 2.05. The van der Waals surface area contributed by atoms with Gasteiger partial charge in [0.05, 0.1) is 17.5 Å². The molecule has 0 spiro atoms. The van der Waals surface area contributed by atoms with Gasteiger partial charge in [0.15, 0.2) is 5.65 Å². The van der Waals surface area contributed by atoms with Crippen LogP contribution in [0.4, 0.5) is 10.6 Å². The summed E-state index contributed by atoms with van der Waals surface area (Å²) in [5, 5.41) is 0.969. The Bertz CT molecular complexity index is 846. The molecule has 0 radical (unpaired) electrons. The van der Waals surface area contributed by atoms with E-state index in [2.05, 4.69) is 34.7 Å². The molecule has 1 amide bonds. The van der Waals surface area contributed by atoms with E-state index in [9.17, 15) is 4.79 Å². The van der Waals surface area contributed by atoms with Gasteiger partial charge in [-0.3, -0.25) is 3.97 Å². The lowest BCUT2D eigenvalue weighted by Crippen LogP contribution is -2.52. The SMILES string of the molecule is CN(c1ncnc2c1ccn2S)C1CC2CC1N(C(=O)OC(C)(C)C)C2. The van der Waals surface area contributed by atoms with Crippen molar-refractivity contribution in [2.75, 3.05) is 18.5 Å². The fraction of sp³-hybridized carbons (Fsp3) is 0.611. The highest BCUT2D eigenvalue weighted by Crippen LogP contribution is 2.42. The molecule has 0 aromatic carbocycles. The molecule has 2 aliphatic rings. The summed E-state index contributed by atoms with van der Waals surface area (Å²) in [6, 6.07) is 2.36. The quantitative estimate of drug-likeness (QED) is 0.818. The third-order valence-corrected chi connectivity index (χ3v) is 5.67. The Morgan fingerprint density at radius 3 is 2.81 bits per heavy atom. The van der Waals surface area contributed by atoms with Gasteiger partial charge in [0.1, 0.15) is 17.7 Å². The highest BCUT2D eigenvalue weighted by atomic mass is 32.1. The first-order valence-corrected chi connectivity index (χ1v) is 9.38. The zero-order valence-electron chi connectivity index (χ0n) is 15.6. The van der Waals surface area contributed by atoms with Crippen molar-refractivity contribution < 1.29 is 9.53 Å². The van der Waals surface area contributed by atoms with E-state index in [1.54, 1.807) is 10.3 Å². The van der Waals surface area contributed by atoms with Crippen LogP contribution in [-0.4, -0.2) is 56.2 Å². The topological polar surface area (TPSA) is 63.5 Å². The van der Waals surface area contributed by atoms with E-state index < -0.39 is 5.60 Å². The summed E-state index contributed by atoms with van der Waals surface area (Å²) in [6.45, 7) is 6.50. The zero-order valence-corrected chi connectivity index (χ0v) is 16.5. The number of piperidine rings is 1. The van der Waals surface area contributed by atoms with Crippen LogP contribution in [0.25, 0.3) is 11.0 Å². The molecule has 7 nitrogen and oxygen atoms in total. The van der Waals surface area contributed by atoms with Crippen LogP contribution in [0, 0.1) is 5.92 Å². The number of fused-ring (bicyclic) bond motifs is 3. The van der Waals surface area contributed by atoms with Crippen LogP contribution in [0.2, 0.25) is 0 Å². The van der Waals surface area contributed by atoms with E-state index in [4.69, 9.17) is 4.74 Å². The molecular formula is C18H25N5O2S. The molecule has 2 fully saturated rings. The van der Waals surface area contributed by atoms with E-state index in [0.29, 0.717) is 5.92 Å². The summed E-state index contributed by atoms with van der Waals surface area (Å²) in [5.41, 5.74) is 0.312. The number of thiol groups is 1. The van der Waals surface area contributed by atoms with Gasteiger partial charge in [-0.2, -0.15) is 0 Å². The minimum atomic E-state index is -0.478. The van der Waals surface area contributed by atoms with Crippen molar-refractivity contribution in [1.29, 1.82) is 0 Å². The van der Waals surface area contributed by atoms with Crippen molar-refractivity contribution in [3.63, 3.8) is 0 Å². The molecular weight excluding hydrogens is 350 g/mol. The number of rotatable bonds is 2. The number of nitrogens with zero attached hydrogens (tertiary/aromatic N) is 5. The maximum absolute atomic E-state index is 12.6. The minimum absolute atomic E-state index is 0.156. The third-order valence-electron chi connectivity index (χ3n) is 5.35. The summed E-state index contributed by atoms with van der Waals surface area (Å²) in [4.78, 5) is 25.5. The summed E-state index contributed by atoms with van der Waals surface area (Å²) in [5.74, 6) is 1.40.